The summed E-state index contributed by atoms with van der Waals surface area (Å²) >= 11 is 0. The van der Waals surface area contributed by atoms with Crippen molar-refractivity contribution in [2.75, 3.05) is 0 Å². The van der Waals surface area contributed by atoms with Crippen LogP contribution in [0.1, 0.15) is 60.1 Å². The van der Waals surface area contributed by atoms with Crippen molar-refractivity contribution < 1.29 is 0 Å². The standard InChI is InChI=1S/C33H32/c1-3-25-20-22-26(23-21-25)13-12-24-33(2)30-19-11-10-18-29(30)31(27-14-6-4-7-15-27)32(33)28-16-8-5-9-17-28/h4-11,14-23H,3,12-13,24H2,1-2H3. The summed E-state index contributed by atoms with van der Waals surface area (Å²) in [5.74, 6) is 0. The first-order valence-corrected chi connectivity index (χ1v) is 12.2. The third-order valence-electron chi connectivity index (χ3n) is 7.29. The van der Waals surface area contributed by atoms with Crippen molar-refractivity contribution in [2.45, 2.75) is 44.9 Å². The van der Waals surface area contributed by atoms with E-state index in [4.69, 9.17) is 0 Å². The first-order valence-electron chi connectivity index (χ1n) is 12.2. The van der Waals surface area contributed by atoms with Crippen LogP contribution in [0.2, 0.25) is 0 Å². The largest absolute Gasteiger partial charge is 0.0622 e. The van der Waals surface area contributed by atoms with Crippen LogP contribution >= 0.6 is 0 Å². The highest BCUT2D eigenvalue weighted by molar-refractivity contribution is 6.07. The van der Waals surface area contributed by atoms with Gasteiger partial charge in [-0.1, -0.05) is 123 Å². The fourth-order valence-electron chi connectivity index (χ4n) is 5.55. The van der Waals surface area contributed by atoms with E-state index in [0.717, 1.165) is 25.7 Å². The molecule has 1 atom stereocenters. The van der Waals surface area contributed by atoms with Gasteiger partial charge in [-0.25, -0.2) is 0 Å². The Bertz CT molecular complexity index is 1250. The third kappa shape index (κ3) is 4.07. The molecule has 164 valence electrons. The molecule has 0 heteroatoms. The molecule has 0 N–H and O–H groups in total. The van der Waals surface area contributed by atoms with Gasteiger partial charge in [0.05, 0.1) is 0 Å². The van der Waals surface area contributed by atoms with Crippen molar-refractivity contribution in [1.82, 2.24) is 0 Å². The van der Waals surface area contributed by atoms with Gasteiger partial charge in [0.2, 0.25) is 0 Å². The molecule has 0 amide bonds. The Morgan fingerprint density at radius 1 is 0.606 bits per heavy atom. The number of allylic oxidation sites excluding steroid dienone is 1. The molecule has 0 fully saturated rings. The number of benzene rings is 4. The van der Waals surface area contributed by atoms with Gasteiger partial charge in [-0.15, -0.1) is 0 Å². The average molecular weight is 429 g/mol. The summed E-state index contributed by atoms with van der Waals surface area (Å²) in [6, 6.07) is 40.2. The van der Waals surface area contributed by atoms with Crippen LogP contribution in [-0.2, 0) is 18.3 Å². The summed E-state index contributed by atoms with van der Waals surface area (Å²) < 4.78 is 0. The normalized spacial score (nSPS) is 17.3. The predicted molar refractivity (Wildman–Crippen MR) is 141 cm³/mol. The zero-order valence-corrected chi connectivity index (χ0v) is 19.7. The minimum Gasteiger partial charge on any atom is -0.0622 e. The van der Waals surface area contributed by atoms with E-state index in [1.807, 2.05) is 0 Å². The molecule has 1 aliphatic carbocycles. The van der Waals surface area contributed by atoms with E-state index < -0.39 is 0 Å². The number of rotatable bonds is 7. The quantitative estimate of drug-likeness (QED) is 0.277. The first-order chi connectivity index (χ1) is 16.2. The average Bonchev–Trinajstić information content (AvgIpc) is 3.14. The van der Waals surface area contributed by atoms with Gasteiger partial charge in [-0.2, -0.15) is 0 Å². The summed E-state index contributed by atoms with van der Waals surface area (Å²) in [7, 11) is 0. The van der Waals surface area contributed by atoms with Crippen molar-refractivity contribution in [2.24, 2.45) is 0 Å². The smallest absolute Gasteiger partial charge is 0.0193 e. The highest BCUT2D eigenvalue weighted by Gasteiger charge is 2.41. The molecular weight excluding hydrogens is 396 g/mol. The van der Waals surface area contributed by atoms with Crippen molar-refractivity contribution in [3.05, 3.63) is 143 Å². The summed E-state index contributed by atoms with van der Waals surface area (Å²) in [6.45, 7) is 4.68. The van der Waals surface area contributed by atoms with Crippen molar-refractivity contribution in [3.8, 4) is 0 Å². The zero-order valence-electron chi connectivity index (χ0n) is 19.7. The molecule has 0 saturated carbocycles. The Morgan fingerprint density at radius 2 is 1.18 bits per heavy atom. The first kappa shape index (κ1) is 21.5. The van der Waals surface area contributed by atoms with E-state index >= 15 is 0 Å². The van der Waals surface area contributed by atoms with E-state index in [-0.39, 0.29) is 5.41 Å². The van der Waals surface area contributed by atoms with Crippen molar-refractivity contribution in [3.63, 3.8) is 0 Å². The van der Waals surface area contributed by atoms with Crippen molar-refractivity contribution in [1.29, 1.82) is 0 Å². The van der Waals surface area contributed by atoms with Crippen LogP contribution in [0.4, 0.5) is 0 Å². The summed E-state index contributed by atoms with van der Waals surface area (Å²) in [5, 5.41) is 0. The van der Waals surface area contributed by atoms with Crippen LogP contribution in [0.3, 0.4) is 0 Å². The second-order valence-electron chi connectivity index (χ2n) is 9.38. The van der Waals surface area contributed by atoms with E-state index in [9.17, 15) is 0 Å². The minimum atomic E-state index is -0.0213. The SMILES string of the molecule is CCc1ccc(CCCC2(C)C(c3ccccc3)=C(c3ccccc3)c3ccccc32)cc1. The van der Waals surface area contributed by atoms with E-state index in [0.29, 0.717) is 0 Å². The maximum atomic E-state index is 2.46. The fourth-order valence-corrected chi connectivity index (χ4v) is 5.55. The monoisotopic (exact) mass is 428 g/mol. The van der Waals surface area contributed by atoms with Gasteiger partial charge in [-0.05, 0) is 70.2 Å². The fraction of sp³-hybridized carbons (Fsp3) is 0.212. The lowest BCUT2D eigenvalue weighted by molar-refractivity contribution is 0.536. The van der Waals surface area contributed by atoms with Gasteiger partial charge in [0, 0.05) is 5.41 Å². The van der Waals surface area contributed by atoms with Gasteiger partial charge >= 0.3 is 0 Å². The molecule has 0 heterocycles. The Morgan fingerprint density at radius 3 is 1.85 bits per heavy atom. The molecule has 0 saturated heterocycles. The lowest BCUT2D eigenvalue weighted by Gasteiger charge is -2.31. The molecule has 4 aromatic rings. The molecule has 0 bridgehead atoms. The molecule has 0 aromatic heterocycles. The maximum absolute atomic E-state index is 2.46. The number of hydrogen-bond acceptors (Lipinski definition) is 0. The lowest BCUT2D eigenvalue weighted by Crippen LogP contribution is -2.22. The maximum Gasteiger partial charge on any atom is 0.0193 e. The van der Waals surface area contributed by atoms with Crippen LogP contribution in [0.15, 0.2) is 109 Å². The molecule has 4 aromatic carbocycles. The highest BCUT2D eigenvalue weighted by Crippen LogP contribution is 2.55. The van der Waals surface area contributed by atoms with Gasteiger partial charge in [0.1, 0.15) is 0 Å². The molecule has 1 unspecified atom stereocenters. The molecular formula is C33H32. The second-order valence-corrected chi connectivity index (χ2v) is 9.38. The Kier molecular flexibility index (Phi) is 6.01. The van der Waals surface area contributed by atoms with E-state index in [1.54, 1.807) is 0 Å². The van der Waals surface area contributed by atoms with Crippen LogP contribution in [0.5, 0.6) is 0 Å². The molecule has 33 heavy (non-hydrogen) atoms. The van der Waals surface area contributed by atoms with Crippen LogP contribution < -0.4 is 0 Å². The number of hydrogen-bond donors (Lipinski definition) is 0. The summed E-state index contributed by atoms with van der Waals surface area (Å²) in [4.78, 5) is 0. The van der Waals surface area contributed by atoms with Gasteiger partial charge < -0.3 is 0 Å². The topological polar surface area (TPSA) is 0 Å². The minimum absolute atomic E-state index is 0.0213. The predicted octanol–water partition coefficient (Wildman–Crippen LogP) is 8.50. The second kappa shape index (κ2) is 9.24. The van der Waals surface area contributed by atoms with Crippen LogP contribution in [-0.4, -0.2) is 0 Å². The number of aryl methyl sites for hydroxylation is 2. The summed E-state index contributed by atoms with van der Waals surface area (Å²) in [5.41, 5.74) is 11.2. The van der Waals surface area contributed by atoms with Crippen LogP contribution in [0.25, 0.3) is 11.1 Å². The zero-order chi connectivity index (χ0) is 22.7. The molecule has 5 rings (SSSR count). The van der Waals surface area contributed by atoms with Gasteiger partial charge in [0.15, 0.2) is 0 Å². The molecule has 1 aliphatic rings. The molecule has 0 radical (unpaired) electrons. The molecule has 0 nitrogen and oxygen atoms in total. The van der Waals surface area contributed by atoms with Gasteiger partial charge in [0.25, 0.3) is 0 Å². The van der Waals surface area contributed by atoms with Gasteiger partial charge in [-0.3, -0.25) is 0 Å². The highest BCUT2D eigenvalue weighted by atomic mass is 14.4. The van der Waals surface area contributed by atoms with E-state index in [2.05, 4.69) is 123 Å². The Labute approximate surface area is 198 Å². The van der Waals surface area contributed by atoms with Crippen LogP contribution in [0, 0.1) is 0 Å². The molecule has 0 aliphatic heterocycles. The Balaban J connectivity index is 1.57. The molecule has 0 spiro atoms. The number of fused-ring (bicyclic) bond motifs is 1. The van der Waals surface area contributed by atoms with Crippen molar-refractivity contribution >= 4 is 11.1 Å². The van der Waals surface area contributed by atoms with E-state index in [1.165, 1.54) is 44.5 Å². The Hall–Kier alpha value is -3.38. The summed E-state index contributed by atoms with van der Waals surface area (Å²) in [6.07, 6.45) is 4.50. The lowest BCUT2D eigenvalue weighted by atomic mass is 9.72. The third-order valence-corrected chi connectivity index (χ3v) is 7.29.